The number of nitrogens with zero attached hydrogens (tertiary/aromatic N) is 2. The van der Waals surface area contributed by atoms with Gasteiger partial charge in [0.2, 0.25) is 0 Å². The summed E-state index contributed by atoms with van der Waals surface area (Å²) in [7, 11) is 0. The van der Waals surface area contributed by atoms with E-state index >= 15 is 0 Å². The summed E-state index contributed by atoms with van der Waals surface area (Å²) in [6.45, 7) is 10.2. The molecule has 1 heterocycles. The van der Waals surface area contributed by atoms with E-state index in [0.29, 0.717) is 29.6 Å². The predicted octanol–water partition coefficient (Wildman–Crippen LogP) is 2.88. The molecule has 5 heteroatoms. The average molecular weight is 275 g/mol. The molecule has 0 radical (unpaired) electrons. The third-order valence-electron chi connectivity index (χ3n) is 2.17. The lowest BCUT2D eigenvalue weighted by atomic mass is 10.3. The van der Waals surface area contributed by atoms with Crippen LogP contribution in [-0.2, 0) is 0 Å². The van der Waals surface area contributed by atoms with Crippen molar-refractivity contribution in [3.8, 4) is 0 Å². The van der Waals surface area contributed by atoms with Crippen molar-refractivity contribution in [2.45, 2.75) is 6.92 Å². The van der Waals surface area contributed by atoms with Crippen molar-refractivity contribution >= 4 is 29.8 Å². The van der Waals surface area contributed by atoms with Gasteiger partial charge in [-0.05, 0) is 13.0 Å². The van der Waals surface area contributed by atoms with E-state index in [1.165, 1.54) is 0 Å². The number of rotatable bonds is 5. The zero-order valence-corrected chi connectivity index (χ0v) is 11.3. The second kappa shape index (κ2) is 7.20. The minimum atomic E-state index is 0. The molecule has 0 aliphatic rings. The highest BCUT2D eigenvalue weighted by Crippen LogP contribution is 2.16. The summed E-state index contributed by atoms with van der Waals surface area (Å²) in [5.74, 6) is 0.518. The number of pyridine rings is 1. The molecule has 0 aliphatic carbocycles. The maximum Gasteiger partial charge on any atom is 0.281 e. The molecule has 0 fully saturated rings. The van der Waals surface area contributed by atoms with E-state index in [2.05, 4.69) is 13.2 Å². The highest BCUT2D eigenvalue weighted by Gasteiger charge is 2.16. The second-order valence-corrected chi connectivity index (χ2v) is 3.89. The first-order valence-electron chi connectivity index (χ1n) is 4.96. The Hall–Kier alpha value is -1.19. The smallest absolute Gasteiger partial charge is 0.281 e. The molecule has 3 nitrogen and oxygen atoms in total. The van der Waals surface area contributed by atoms with Gasteiger partial charge in [0, 0.05) is 6.07 Å². The van der Waals surface area contributed by atoms with Crippen molar-refractivity contribution in [3.63, 3.8) is 0 Å². The van der Waals surface area contributed by atoms with Gasteiger partial charge in [-0.25, -0.2) is 4.73 Å². The second-order valence-electron chi connectivity index (χ2n) is 3.45. The Morgan fingerprint density at radius 3 is 2.35 bits per heavy atom. The summed E-state index contributed by atoms with van der Waals surface area (Å²) in [6, 6.07) is 3.28. The fourth-order valence-corrected chi connectivity index (χ4v) is 1.71. The fraction of sp³-hybridized carbons (Fsp3) is 0.250. The standard InChI is InChI=1S/C12H15ClN2O.ClH/c1-4-6-14(7-5-2)12-9-11(13)8-10(3)15(12)16;/h4-5,8-9H,1-2,6-7H2,3H3;1H. The number of hydrogen-bond donors (Lipinski definition) is 0. The van der Waals surface area contributed by atoms with Crippen LogP contribution < -0.4 is 9.63 Å². The lowest BCUT2D eigenvalue weighted by Crippen LogP contribution is -2.40. The molecule has 0 saturated heterocycles. The highest BCUT2D eigenvalue weighted by atomic mass is 35.5. The third kappa shape index (κ3) is 3.95. The summed E-state index contributed by atoms with van der Waals surface area (Å²) in [4.78, 5) is 1.85. The van der Waals surface area contributed by atoms with Gasteiger partial charge < -0.3 is 5.21 Å². The van der Waals surface area contributed by atoms with Crippen LogP contribution in [0, 0.1) is 12.1 Å². The van der Waals surface area contributed by atoms with Gasteiger partial charge in [-0.15, -0.1) is 12.4 Å². The SMILES string of the molecule is C=CCN(CC=C)c1cc(Cl)cc(C)[n+]1[O-].Cl. The molecule has 1 aromatic rings. The van der Waals surface area contributed by atoms with Crippen LogP contribution in [0.3, 0.4) is 0 Å². The number of aryl methyl sites for hydroxylation is 1. The van der Waals surface area contributed by atoms with Gasteiger partial charge in [0.05, 0.1) is 5.02 Å². The van der Waals surface area contributed by atoms with Crippen molar-refractivity contribution in [1.82, 2.24) is 0 Å². The predicted molar refractivity (Wildman–Crippen MR) is 75.0 cm³/mol. The van der Waals surface area contributed by atoms with E-state index in [1.54, 1.807) is 31.2 Å². The van der Waals surface area contributed by atoms with Gasteiger partial charge in [0.1, 0.15) is 18.8 Å². The highest BCUT2D eigenvalue weighted by molar-refractivity contribution is 6.30. The normalized spacial score (nSPS) is 9.29. The Morgan fingerprint density at radius 1 is 1.35 bits per heavy atom. The topological polar surface area (TPSA) is 30.2 Å². The van der Waals surface area contributed by atoms with Gasteiger partial charge >= 0.3 is 0 Å². The van der Waals surface area contributed by atoms with Gasteiger partial charge in [-0.2, -0.15) is 0 Å². The molecule has 0 spiro atoms. The van der Waals surface area contributed by atoms with Crippen LogP contribution in [0.1, 0.15) is 5.69 Å². The molecule has 1 aromatic heterocycles. The van der Waals surface area contributed by atoms with Crippen LogP contribution in [0.5, 0.6) is 0 Å². The molecule has 0 N–H and O–H groups in total. The third-order valence-corrected chi connectivity index (χ3v) is 2.38. The first-order valence-corrected chi connectivity index (χ1v) is 5.34. The van der Waals surface area contributed by atoms with E-state index < -0.39 is 0 Å². The molecule has 0 atom stereocenters. The number of anilines is 1. The molecule has 94 valence electrons. The number of aromatic nitrogens is 1. The van der Waals surface area contributed by atoms with E-state index in [1.807, 2.05) is 4.90 Å². The monoisotopic (exact) mass is 274 g/mol. The first-order chi connectivity index (χ1) is 7.60. The maximum absolute atomic E-state index is 11.9. The van der Waals surface area contributed by atoms with Crippen molar-refractivity contribution < 1.29 is 4.73 Å². The molecule has 0 aromatic carbocycles. The summed E-state index contributed by atoms with van der Waals surface area (Å²) in [6.07, 6.45) is 3.47. The van der Waals surface area contributed by atoms with E-state index in [0.717, 1.165) is 4.73 Å². The van der Waals surface area contributed by atoms with E-state index in [4.69, 9.17) is 11.6 Å². The number of hydrogen-bond acceptors (Lipinski definition) is 2. The molecule has 17 heavy (non-hydrogen) atoms. The lowest BCUT2D eigenvalue weighted by Gasteiger charge is -2.20. The van der Waals surface area contributed by atoms with Crippen LogP contribution in [0.2, 0.25) is 5.02 Å². The zero-order valence-electron chi connectivity index (χ0n) is 9.73. The minimum Gasteiger partial charge on any atom is -0.710 e. The molecule has 0 amide bonds. The molecule has 1 rings (SSSR count). The summed E-state index contributed by atoms with van der Waals surface area (Å²) in [5.41, 5.74) is 0.570. The maximum atomic E-state index is 11.9. The van der Waals surface area contributed by atoms with Crippen LogP contribution in [-0.4, -0.2) is 13.1 Å². The van der Waals surface area contributed by atoms with Gasteiger partial charge in [-0.3, -0.25) is 4.90 Å². The van der Waals surface area contributed by atoms with Gasteiger partial charge in [-0.1, -0.05) is 36.9 Å². The van der Waals surface area contributed by atoms with Crippen LogP contribution in [0.25, 0.3) is 0 Å². The molecular formula is C12H16Cl2N2O. The average Bonchev–Trinajstić information content (AvgIpc) is 2.23. The molecule has 0 saturated carbocycles. The quantitative estimate of drug-likeness (QED) is 0.470. The Balaban J connectivity index is 0.00000256. The van der Waals surface area contributed by atoms with Gasteiger partial charge in [0.25, 0.3) is 5.82 Å². The summed E-state index contributed by atoms with van der Waals surface area (Å²) in [5, 5.41) is 12.4. The van der Waals surface area contributed by atoms with E-state index in [-0.39, 0.29) is 12.4 Å². The number of halogens is 2. The first kappa shape index (κ1) is 15.8. The van der Waals surface area contributed by atoms with Crippen molar-refractivity contribution in [2.24, 2.45) is 0 Å². The Labute approximate surface area is 113 Å². The minimum absolute atomic E-state index is 0. The lowest BCUT2D eigenvalue weighted by molar-refractivity contribution is -0.599. The molecule has 0 bridgehead atoms. The van der Waals surface area contributed by atoms with Crippen LogP contribution in [0.15, 0.2) is 37.4 Å². The Bertz CT molecular complexity index is 398. The largest absolute Gasteiger partial charge is 0.710 e. The Morgan fingerprint density at radius 2 is 1.88 bits per heavy atom. The van der Waals surface area contributed by atoms with Crippen LogP contribution >= 0.6 is 24.0 Å². The fourth-order valence-electron chi connectivity index (χ4n) is 1.46. The Kier molecular flexibility index (Phi) is 6.69. The molecule has 0 aliphatic heterocycles. The van der Waals surface area contributed by atoms with Crippen LogP contribution in [0.4, 0.5) is 5.82 Å². The molecule has 0 unspecified atom stereocenters. The summed E-state index contributed by atoms with van der Waals surface area (Å²) < 4.78 is 0.860. The molecular weight excluding hydrogens is 259 g/mol. The van der Waals surface area contributed by atoms with Crippen molar-refractivity contribution in [3.05, 3.63) is 53.4 Å². The van der Waals surface area contributed by atoms with Crippen molar-refractivity contribution in [2.75, 3.05) is 18.0 Å². The van der Waals surface area contributed by atoms with Crippen molar-refractivity contribution in [1.29, 1.82) is 0 Å². The van der Waals surface area contributed by atoms with Gasteiger partial charge in [0.15, 0.2) is 0 Å². The van der Waals surface area contributed by atoms with E-state index in [9.17, 15) is 5.21 Å². The zero-order chi connectivity index (χ0) is 12.1. The summed E-state index contributed by atoms with van der Waals surface area (Å²) >= 11 is 5.94.